The molecular formula is C13H22F2O6S. The van der Waals surface area contributed by atoms with E-state index in [0.29, 0.717) is 0 Å². The summed E-state index contributed by atoms with van der Waals surface area (Å²) in [6, 6.07) is 0. The summed E-state index contributed by atoms with van der Waals surface area (Å²) in [7, 11) is -5.52. The Morgan fingerprint density at radius 2 is 1.82 bits per heavy atom. The number of hydrogen-bond acceptors (Lipinski definition) is 5. The molecule has 0 saturated heterocycles. The molecule has 0 heterocycles. The van der Waals surface area contributed by atoms with Crippen LogP contribution < -0.4 is 0 Å². The molecule has 1 rings (SSSR count). The lowest BCUT2D eigenvalue weighted by molar-refractivity contribution is -0.163. The fourth-order valence-electron chi connectivity index (χ4n) is 2.47. The predicted molar refractivity (Wildman–Crippen MR) is 74.1 cm³/mol. The Morgan fingerprint density at radius 3 is 2.32 bits per heavy atom. The largest absolute Gasteiger partial charge is 0.459 e. The number of alkyl halides is 2. The van der Waals surface area contributed by atoms with Crippen molar-refractivity contribution in [2.75, 3.05) is 13.2 Å². The number of ether oxygens (including phenoxy) is 2. The van der Waals surface area contributed by atoms with E-state index >= 15 is 0 Å². The molecule has 0 unspecified atom stereocenters. The van der Waals surface area contributed by atoms with Crippen LogP contribution in [0.5, 0.6) is 0 Å². The third kappa shape index (κ3) is 5.44. The van der Waals surface area contributed by atoms with Crippen LogP contribution in [0.3, 0.4) is 0 Å². The van der Waals surface area contributed by atoms with Crippen molar-refractivity contribution in [2.24, 2.45) is 5.92 Å². The van der Waals surface area contributed by atoms with E-state index in [1.807, 2.05) is 13.8 Å². The van der Waals surface area contributed by atoms with Crippen LogP contribution in [0.2, 0.25) is 0 Å². The zero-order valence-electron chi connectivity index (χ0n) is 12.7. The topological polar surface area (TPSA) is 89.9 Å². The van der Waals surface area contributed by atoms with Crippen LogP contribution in [-0.2, 0) is 24.4 Å². The van der Waals surface area contributed by atoms with Gasteiger partial charge in [0.05, 0.1) is 13.0 Å². The van der Waals surface area contributed by atoms with E-state index in [-0.39, 0.29) is 12.3 Å². The van der Waals surface area contributed by atoms with Gasteiger partial charge in [0.15, 0.2) is 0 Å². The molecule has 0 amide bonds. The highest BCUT2D eigenvalue weighted by Crippen LogP contribution is 2.36. The lowest BCUT2D eigenvalue weighted by Gasteiger charge is -2.31. The molecule has 1 aliphatic rings. The normalized spacial score (nSPS) is 17.7. The van der Waals surface area contributed by atoms with Gasteiger partial charge in [0.25, 0.3) is 0 Å². The zero-order valence-corrected chi connectivity index (χ0v) is 13.5. The maximum Gasteiger partial charge on any atom is 0.392 e. The van der Waals surface area contributed by atoms with E-state index in [1.165, 1.54) is 0 Å². The maximum absolute atomic E-state index is 12.9. The molecule has 130 valence electrons. The molecule has 9 heteroatoms. The molecule has 1 aliphatic carbocycles. The molecule has 22 heavy (non-hydrogen) atoms. The van der Waals surface area contributed by atoms with E-state index in [9.17, 15) is 22.0 Å². The molecule has 6 nitrogen and oxygen atoms in total. The summed E-state index contributed by atoms with van der Waals surface area (Å²) in [4.78, 5) is 11.7. The molecule has 0 aliphatic heterocycles. The Hall–Kier alpha value is -0.800. The summed E-state index contributed by atoms with van der Waals surface area (Å²) < 4.78 is 64.5. The van der Waals surface area contributed by atoms with Crippen LogP contribution in [0.1, 0.15) is 46.0 Å². The lowest BCUT2D eigenvalue weighted by atomic mass is 9.89. The minimum Gasteiger partial charge on any atom is -0.459 e. The number of carbonyl (C=O) groups excluding carboxylic acids is 1. The third-order valence-electron chi connectivity index (χ3n) is 3.81. The Kier molecular flexibility index (Phi) is 6.28. The van der Waals surface area contributed by atoms with E-state index < -0.39 is 40.2 Å². The lowest BCUT2D eigenvalue weighted by Crippen LogP contribution is -2.36. The number of rotatable bonds is 8. The first-order valence-corrected chi connectivity index (χ1v) is 8.54. The van der Waals surface area contributed by atoms with Crippen molar-refractivity contribution in [1.82, 2.24) is 0 Å². The number of halogens is 2. The highest BCUT2D eigenvalue weighted by molar-refractivity contribution is 7.86. The average molecular weight is 344 g/mol. The molecule has 1 fully saturated rings. The SMILES string of the molecule is CC(C)(OC(=O)CCOCC(F)(F)S(=O)(=O)O)C1CCCC1. The van der Waals surface area contributed by atoms with Crippen molar-refractivity contribution in [3.05, 3.63) is 0 Å². The molecule has 0 aromatic heterocycles. The Balaban J connectivity index is 2.32. The van der Waals surface area contributed by atoms with Crippen LogP contribution in [0, 0.1) is 5.92 Å². The molecule has 0 bridgehead atoms. The van der Waals surface area contributed by atoms with Gasteiger partial charge in [-0.2, -0.15) is 17.2 Å². The second kappa shape index (κ2) is 7.18. The van der Waals surface area contributed by atoms with Gasteiger partial charge < -0.3 is 9.47 Å². The standard InChI is InChI=1S/C13H22F2O6S/c1-12(2,10-5-3-4-6-10)21-11(16)7-8-20-9-13(14,15)22(17,18)19/h10H,3-9H2,1-2H3,(H,17,18,19). The first-order chi connectivity index (χ1) is 9.96. The van der Waals surface area contributed by atoms with Gasteiger partial charge in [-0.15, -0.1) is 0 Å². The summed E-state index contributed by atoms with van der Waals surface area (Å²) >= 11 is 0. The summed E-state index contributed by atoms with van der Waals surface area (Å²) in [5.74, 6) is -0.312. The van der Waals surface area contributed by atoms with Crippen molar-refractivity contribution in [2.45, 2.75) is 56.8 Å². The van der Waals surface area contributed by atoms with Crippen LogP contribution in [0.25, 0.3) is 0 Å². The van der Waals surface area contributed by atoms with Crippen molar-refractivity contribution in [3.63, 3.8) is 0 Å². The van der Waals surface area contributed by atoms with Crippen molar-refractivity contribution < 1.29 is 36.0 Å². The maximum atomic E-state index is 12.9. The van der Waals surface area contributed by atoms with Crippen LogP contribution >= 0.6 is 0 Å². The second-order valence-corrected chi connectivity index (χ2v) is 7.52. The van der Waals surface area contributed by atoms with Gasteiger partial charge in [-0.25, -0.2) is 0 Å². The average Bonchev–Trinajstić information content (AvgIpc) is 2.87. The van der Waals surface area contributed by atoms with E-state index in [1.54, 1.807) is 0 Å². The number of carbonyl (C=O) groups is 1. The van der Waals surface area contributed by atoms with E-state index in [4.69, 9.17) is 9.29 Å². The fraction of sp³-hybridized carbons (Fsp3) is 0.923. The Bertz CT molecular complexity index is 483. The van der Waals surface area contributed by atoms with Gasteiger partial charge in [0.2, 0.25) is 0 Å². The van der Waals surface area contributed by atoms with Gasteiger partial charge >= 0.3 is 21.3 Å². The molecule has 0 aromatic carbocycles. The first kappa shape index (κ1) is 19.2. The highest BCUT2D eigenvalue weighted by Gasteiger charge is 2.44. The molecule has 0 aromatic rings. The van der Waals surface area contributed by atoms with Crippen molar-refractivity contribution >= 4 is 16.1 Å². The Labute approximate surface area is 128 Å². The Morgan fingerprint density at radius 1 is 1.27 bits per heavy atom. The molecule has 1 saturated carbocycles. The van der Waals surface area contributed by atoms with Gasteiger partial charge in [0, 0.05) is 0 Å². The van der Waals surface area contributed by atoms with Gasteiger partial charge in [-0.3, -0.25) is 9.35 Å². The fourth-order valence-corrected chi connectivity index (χ4v) is 2.70. The van der Waals surface area contributed by atoms with Gasteiger partial charge in [-0.1, -0.05) is 12.8 Å². The smallest absolute Gasteiger partial charge is 0.392 e. The second-order valence-electron chi connectivity index (χ2n) is 5.97. The summed E-state index contributed by atoms with van der Waals surface area (Å²) in [5.41, 5.74) is -0.619. The van der Waals surface area contributed by atoms with E-state index in [0.717, 1.165) is 25.7 Å². The molecule has 0 radical (unpaired) electrons. The molecule has 0 spiro atoms. The number of esters is 1. The van der Waals surface area contributed by atoms with E-state index in [2.05, 4.69) is 4.74 Å². The minimum absolute atomic E-state index is 0.266. The summed E-state index contributed by atoms with van der Waals surface area (Å²) in [6.45, 7) is 1.71. The number of hydrogen-bond donors (Lipinski definition) is 1. The minimum atomic E-state index is -5.52. The summed E-state index contributed by atoms with van der Waals surface area (Å²) in [6.07, 6.45) is 3.89. The predicted octanol–water partition coefficient (Wildman–Crippen LogP) is 2.39. The summed E-state index contributed by atoms with van der Waals surface area (Å²) in [5, 5.41) is -4.39. The first-order valence-electron chi connectivity index (χ1n) is 7.10. The van der Waals surface area contributed by atoms with Gasteiger partial charge in [-0.05, 0) is 32.6 Å². The quantitative estimate of drug-likeness (QED) is 0.413. The third-order valence-corrected chi connectivity index (χ3v) is 4.69. The van der Waals surface area contributed by atoms with Crippen LogP contribution in [-0.4, -0.2) is 43.0 Å². The molecule has 1 N–H and O–H groups in total. The molecular weight excluding hydrogens is 322 g/mol. The van der Waals surface area contributed by atoms with Crippen LogP contribution in [0.4, 0.5) is 8.78 Å². The van der Waals surface area contributed by atoms with Crippen molar-refractivity contribution in [1.29, 1.82) is 0 Å². The van der Waals surface area contributed by atoms with Gasteiger partial charge in [0.1, 0.15) is 12.2 Å². The highest BCUT2D eigenvalue weighted by atomic mass is 32.2. The zero-order chi connectivity index (χ0) is 17.0. The van der Waals surface area contributed by atoms with Crippen LogP contribution in [0.15, 0.2) is 0 Å². The molecule has 0 atom stereocenters. The van der Waals surface area contributed by atoms with Crippen molar-refractivity contribution in [3.8, 4) is 0 Å². The monoisotopic (exact) mass is 344 g/mol.